The predicted molar refractivity (Wildman–Crippen MR) is 112 cm³/mol. The molecule has 7 heteroatoms. The van der Waals surface area contributed by atoms with E-state index in [4.69, 9.17) is 0 Å². The van der Waals surface area contributed by atoms with Gasteiger partial charge in [-0.05, 0) is 50.6 Å². The molecule has 2 amide bonds. The highest BCUT2D eigenvalue weighted by molar-refractivity contribution is 7.99. The van der Waals surface area contributed by atoms with Crippen LogP contribution in [0.5, 0.6) is 0 Å². The van der Waals surface area contributed by atoms with E-state index in [0.717, 1.165) is 48.1 Å². The molecule has 1 atom stereocenters. The molecule has 2 aliphatic rings. The first-order chi connectivity index (χ1) is 13.1. The lowest BCUT2D eigenvalue weighted by Crippen LogP contribution is -2.39. The van der Waals surface area contributed by atoms with Crippen molar-refractivity contribution < 1.29 is 9.59 Å². The van der Waals surface area contributed by atoms with Crippen LogP contribution in [0.25, 0.3) is 0 Å². The van der Waals surface area contributed by atoms with E-state index in [1.165, 1.54) is 19.3 Å². The molecular weight excluding hydrogens is 360 g/mol. The number of thioether (sulfide) groups is 1. The smallest absolute Gasteiger partial charge is 0.238 e. The van der Waals surface area contributed by atoms with E-state index in [2.05, 4.69) is 20.9 Å². The molecule has 0 spiro atoms. The molecule has 6 nitrogen and oxygen atoms in total. The summed E-state index contributed by atoms with van der Waals surface area (Å²) in [6, 6.07) is 5.90. The normalized spacial score (nSPS) is 20.9. The van der Waals surface area contributed by atoms with Crippen molar-refractivity contribution in [1.29, 1.82) is 0 Å². The maximum atomic E-state index is 12.4. The maximum absolute atomic E-state index is 12.4. The highest BCUT2D eigenvalue weighted by Gasteiger charge is 2.17. The van der Waals surface area contributed by atoms with Gasteiger partial charge in [0.15, 0.2) is 0 Å². The van der Waals surface area contributed by atoms with Gasteiger partial charge in [-0.3, -0.25) is 14.5 Å². The molecule has 0 aromatic heterocycles. The van der Waals surface area contributed by atoms with E-state index in [9.17, 15) is 9.59 Å². The minimum atomic E-state index is 0.00412. The number of nitrogens with one attached hydrogen (secondary N) is 3. The number of aryl methyl sites for hydroxylation is 1. The second kappa shape index (κ2) is 10.1. The molecule has 1 aromatic carbocycles. The van der Waals surface area contributed by atoms with Crippen LogP contribution in [0.4, 0.5) is 11.4 Å². The predicted octanol–water partition coefficient (Wildman–Crippen LogP) is 2.45. The van der Waals surface area contributed by atoms with E-state index < -0.39 is 0 Å². The fourth-order valence-electron chi connectivity index (χ4n) is 3.53. The number of carbonyl (C=O) groups is 2. The Morgan fingerprint density at radius 2 is 2.00 bits per heavy atom. The molecule has 1 aromatic rings. The first kappa shape index (κ1) is 20.2. The van der Waals surface area contributed by atoms with E-state index in [-0.39, 0.29) is 17.9 Å². The Morgan fingerprint density at radius 1 is 1.19 bits per heavy atom. The number of likely N-dealkylation sites (tertiary alicyclic amines) is 1. The quantitative estimate of drug-likeness (QED) is 0.696. The summed E-state index contributed by atoms with van der Waals surface area (Å²) in [5.74, 6) is 2.09. The standard InChI is InChI=1S/C20H30N4O2S/c1-15-5-6-16(22-19(25)12-17-14-27-10-7-21-17)11-18(15)23-20(26)13-24-8-3-2-4-9-24/h5-6,11,17,21H,2-4,7-10,12-14H2,1H3,(H,22,25)(H,23,26). The van der Waals surface area contributed by atoms with E-state index >= 15 is 0 Å². The van der Waals surface area contributed by atoms with Gasteiger partial charge in [0.25, 0.3) is 0 Å². The second-order valence-corrected chi connectivity index (χ2v) is 8.54. The van der Waals surface area contributed by atoms with Crippen molar-refractivity contribution in [2.45, 2.75) is 38.6 Å². The SMILES string of the molecule is Cc1ccc(NC(=O)CC2CSCCN2)cc1NC(=O)CN1CCCCC1. The van der Waals surface area contributed by atoms with Gasteiger partial charge in [0, 0.05) is 41.9 Å². The molecule has 1 unspecified atom stereocenters. The molecule has 0 radical (unpaired) electrons. The van der Waals surface area contributed by atoms with Crippen molar-refractivity contribution in [2.24, 2.45) is 0 Å². The summed E-state index contributed by atoms with van der Waals surface area (Å²) in [5.41, 5.74) is 2.48. The number of nitrogens with zero attached hydrogens (tertiary/aromatic N) is 1. The Morgan fingerprint density at radius 3 is 2.74 bits per heavy atom. The molecule has 2 heterocycles. The zero-order valence-corrected chi connectivity index (χ0v) is 16.9. The average Bonchev–Trinajstić information content (AvgIpc) is 2.66. The van der Waals surface area contributed by atoms with Crippen molar-refractivity contribution in [1.82, 2.24) is 10.2 Å². The minimum absolute atomic E-state index is 0.00412. The Labute approximate surface area is 165 Å². The number of carbonyl (C=O) groups excluding carboxylic acids is 2. The fraction of sp³-hybridized carbons (Fsp3) is 0.600. The van der Waals surface area contributed by atoms with Crippen LogP contribution in [-0.2, 0) is 9.59 Å². The number of anilines is 2. The Hall–Kier alpha value is -1.57. The van der Waals surface area contributed by atoms with Gasteiger partial charge in [0.2, 0.25) is 11.8 Å². The largest absolute Gasteiger partial charge is 0.326 e. The molecule has 3 N–H and O–H groups in total. The molecule has 148 valence electrons. The van der Waals surface area contributed by atoms with Crippen molar-refractivity contribution in [2.75, 3.05) is 48.3 Å². The summed E-state index contributed by atoms with van der Waals surface area (Å²) in [6.07, 6.45) is 4.07. The third-order valence-electron chi connectivity index (χ3n) is 5.04. The van der Waals surface area contributed by atoms with E-state index in [0.29, 0.717) is 13.0 Å². The number of benzene rings is 1. The third-order valence-corrected chi connectivity index (χ3v) is 6.17. The Kier molecular flexibility index (Phi) is 7.55. The Bertz CT molecular complexity index is 655. The van der Waals surface area contributed by atoms with Crippen molar-refractivity contribution in [3.63, 3.8) is 0 Å². The highest BCUT2D eigenvalue weighted by Crippen LogP contribution is 2.21. The van der Waals surface area contributed by atoms with Crippen molar-refractivity contribution >= 4 is 35.0 Å². The molecule has 2 saturated heterocycles. The lowest BCUT2D eigenvalue weighted by molar-refractivity contribution is -0.118. The van der Waals surface area contributed by atoms with Gasteiger partial charge >= 0.3 is 0 Å². The summed E-state index contributed by atoms with van der Waals surface area (Å²) in [7, 11) is 0. The summed E-state index contributed by atoms with van der Waals surface area (Å²) in [4.78, 5) is 26.9. The van der Waals surface area contributed by atoms with Crippen LogP contribution >= 0.6 is 11.8 Å². The summed E-state index contributed by atoms with van der Waals surface area (Å²) in [6.45, 7) is 5.35. The van der Waals surface area contributed by atoms with Crippen molar-refractivity contribution in [3.05, 3.63) is 23.8 Å². The lowest BCUT2D eigenvalue weighted by Gasteiger charge is -2.25. The van der Waals surface area contributed by atoms with Crippen molar-refractivity contribution in [3.8, 4) is 0 Å². The minimum Gasteiger partial charge on any atom is -0.326 e. The first-order valence-corrected chi connectivity index (χ1v) is 11.0. The topological polar surface area (TPSA) is 73.5 Å². The number of rotatable bonds is 6. The van der Waals surface area contributed by atoms with Crippen LogP contribution in [0.15, 0.2) is 18.2 Å². The van der Waals surface area contributed by atoms with Gasteiger partial charge in [0.05, 0.1) is 6.54 Å². The third kappa shape index (κ3) is 6.52. The number of hydrogen-bond acceptors (Lipinski definition) is 5. The number of piperidine rings is 1. The van der Waals surface area contributed by atoms with Gasteiger partial charge in [0.1, 0.15) is 0 Å². The summed E-state index contributed by atoms with van der Waals surface area (Å²) in [5, 5.41) is 9.34. The van der Waals surface area contributed by atoms with Gasteiger partial charge in [-0.15, -0.1) is 0 Å². The number of amides is 2. The lowest BCUT2D eigenvalue weighted by atomic mass is 10.1. The zero-order valence-electron chi connectivity index (χ0n) is 16.1. The van der Waals surface area contributed by atoms with Crippen LogP contribution in [0.3, 0.4) is 0 Å². The molecule has 27 heavy (non-hydrogen) atoms. The van der Waals surface area contributed by atoms with Gasteiger partial charge in [-0.1, -0.05) is 12.5 Å². The molecular formula is C20H30N4O2S. The van der Waals surface area contributed by atoms with Crippen LogP contribution in [0.1, 0.15) is 31.2 Å². The fourth-order valence-corrected chi connectivity index (χ4v) is 4.48. The first-order valence-electron chi connectivity index (χ1n) is 9.84. The van der Waals surface area contributed by atoms with Gasteiger partial charge < -0.3 is 16.0 Å². The molecule has 0 bridgehead atoms. The van der Waals surface area contributed by atoms with Gasteiger partial charge in [-0.2, -0.15) is 11.8 Å². The van der Waals surface area contributed by atoms with Crippen LogP contribution in [0.2, 0.25) is 0 Å². The molecule has 0 saturated carbocycles. The maximum Gasteiger partial charge on any atom is 0.238 e. The average molecular weight is 391 g/mol. The molecule has 2 fully saturated rings. The number of hydrogen-bond donors (Lipinski definition) is 3. The second-order valence-electron chi connectivity index (χ2n) is 7.39. The highest BCUT2D eigenvalue weighted by atomic mass is 32.2. The van der Waals surface area contributed by atoms with Gasteiger partial charge in [-0.25, -0.2) is 0 Å². The van der Waals surface area contributed by atoms with E-state index in [1.807, 2.05) is 36.9 Å². The molecule has 3 rings (SSSR count). The van der Waals surface area contributed by atoms with Crippen LogP contribution in [0, 0.1) is 6.92 Å². The van der Waals surface area contributed by atoms with Crippen LogP contribution < -0.4 is 16.0 Å². The summed E-state index contributed by atoms with van der Waals surface area (Å²) >= 11 is 1.88. The van der Waals surface area contributed by atoms with E-state index in [1.54, 1.807) is 0 Å². The zero-order chi connectivity index (χ0) is 19.1. The summed E-state index contributed by atoms with van der Waals surface area (Å²) < 4.78 is 0. The monoisotopic (exact) mass is 390 g/mol. The molecule has 2 aliphatic heterocycles. The van der Waals surface area contributed by atoms with Crippen LogP contribution in [-0.4, -0.2) is 60.4 Å². The Balaban J connectivity index is 1.53. The molecule has 0 aliphatic carbocycles.